The maximum absolute atomic E-state index is 12.4. The molecular weight excluding hydrogens is 254 g/mol. The Hall–Kier alpha value is -1.62. The minimum Gasteiger partial charge on any atom is -0.383 e. The number of carbonyl (C=O) groups excluding carboxylic acids is 1. The molecular formula is C15H25N3O2. The number of carbonyl (C=O) groups is 1. The number of hydrogen-bond acceptors (Lipinski definition) is 4. The number of amides is 1. The van der Waals surface area contributed by atoms with E-state index in [9.17, 15) is 4.79 Å². The van der Waals surface area contributed by atoms with Gasteiger partial charge in [-0.25, -0.2) is 0 Å². The molecule has 1 rings (SSSR count). The normalized spacial score (nSPS) is 10.3. The van der Waals surface area contributed by atoms with Gasteiger partial charge in [-0.1, -0.05) is 13.8 Å². The van der Waals surface area contributed by atoms with Crippen LogP contribution in [0, 0.1) is 0 Å². The molecule has 112 valence electrons. The van der Waals surface area contributed by atoms with Crippen LogP contribution < -0.4 is 5.32 Å². The molecule has 0 radical (unpaired) electrons. The summed E-state index contributed by atoms with van der Waals surface area (Å²) >= 11 is 0. The van der Waals surface area contributed by atoms with E-state index in [1.807, 2.05) is 11.0 Å². The summed E-state index contributed by atoms with van der Waals surface area (Å²) in [6, 6.07) is 1.85. The first-order valence-electron chi connectivity index (χ1n) is 7.20. The van der Waals surface area contributed by atoms with E-state index in [0.29, 0.717) is 18.7 Å². The molecule has 0 saturated heterocycles. The smallest absolute Gasteiger partial charge is 0.255 e. The maximum atomic E-state index is 12.4. The van der Waals surface area contributed by atoms with Gasteiger partial charge in [0.25, 0.3) is 5.91 Å². The lowest BCUT2D eigenvalue weighted by Gasteiger charge is -2.21. The Balaban J connectivity index is 2.73. The first kappa shape index (κ1) is 16.4. The highest BCUT2D eigenvalue weighted by Crippen LogP contribution is 2.11. The van der Waals surface area contributed by atoms with Gasteiger partial charge in [0.05, 0.1) is 17.9 Å². The Bertz CT molecular complexity index is 404. The fraction of sp³-hybridized carbons (Fsp3) is 0.600. The predicted molar refractivity (Wildman–Crippen MR) is 81.1 cm³/mol. The van der Waals surface area contributed by atoms with Gasteiger partial charge < -0.3 is 15.0 Å². The molecule has 1 heterocycles. The van der Waals surface area contributed by atoms with Crippen molar-refractivity contribution in [1.82, 2.24) is 9.88 Å². The van der Waals surface area contributed by atoms with Crippen molar-refractivity contribution in [3.05, 3.63) is 24.0 Å². The van der Waals surface area contributed by atoms with E-state index in [2.05, 4.69) is 24.1 Å². The van der Waals surface area contributed by atoms with Gasteiger partial charge in [0.15, 0.2) is 0 Å². The number of nitrogens with one attached hydrogen (secondary N) is 1. The summed E-state index contributed by atoms with van der Waals surface area (Å²) in [4.78, 5) is 18.5. The Morgan fingerprint density at radius 3 is 2.60 bits per heavy atom. The molecule has 0 aromatic carbocycles. The molecule has 0 aliphatic heterocycles. The molecule has 20 heavy (non-hydrogen) atoms. The minimum absolute atomic E-state index is 0.0524. The lowest BCUT2D eigenvalue weighted by Crippen LogP contribution is -2.32. The lowest BCUT2D eigenvalue weighted by molar-refractivity contribution is 0.0755. The molecule has 0 saturated carbocycles. The summed E-state index contributed by atoms with van der Waals surface area (Å²) in [5, 5.41) is 3.19. The van der Waals surface area contributed by atoms with E-state index in [1.54, 1.807) is 19.5 Å². The molecule has 0 fully saturated rings. The third kappa shape index (κ3) is 5.17. The number of hydrogen-bond donors (Lipinski definition) is 1. The van der Waals surface area contributed by atoms with Crippen LogP contribution >= 0.6 is 0 Å². The SMILES string of the molecule is CCCN(CCC)C(=O)c1cncc(NCCOC)c1. The van der Waals surface area contributed by atoms with Gasteiger partial charge in [-0.05, 0) is 18.9 Å². The molecule has 0 aliphatic rings. The van der Waals surface area contributed by atoms with Gasteiger partial charge in [-0.2, -0.15) is 0 Å². The second-order valence-electron chi connectivity index (χ2n) is 4.67. The third-order valence-electron chi connectivity index (χ3n) is 2.89. The number of rotatable bonds is 9. The van der Waals surface area contributed by atoms with E-state index in [1.165, 1.54) is 0 Å². The van der Waals surface area contributed by atoms with Crippen molar-refractivity contribution >= 4 is 11.6 Å². The second kappa shape index (κ2) is 9.31. The summed E-state index contributed by atoms with van der Waals surface area (Å²) < 4.78 is 4.99. The van der Waals surface area contributed by atoms with Crippen LogP contribution in [0.3, 0.4) is 0 Å². The second-order valence-corrected chi connectivity index (χ2v) is 4.67. The van der Waals surface area contributed by atoms with Crippen LogP contribution in [0.2, 0.25) is 0 Å². The number of methoxy groups -OCH3 is 1. The molecule has 1 aromatic heterocycles. The molecule has 1 N–H and O–H groups in total. The van der Waals surface area contributed by atoms with Crippen molar-refractivity contribution in [2.75, 3.05) is 38.7 Å². The lowest BCUT2D eigenvalue weighted by atomic mass is 10.2. The van der Waals surface area contributed by atoms with E-state index >= 15 is 0 Å². The number of ether oxygens (including phenoxy) is 1. The standard InChI is InChI=1S/C15H25N3O2/c1-4-7-18(8-5-2)15(19)13-10-14(12-16-11-13)17-6-9-20-3/h10-12,17H,4-9H2,1-3H3. The highest BCUT2D eigenvalue weighted by Gasteiger charge is 2.14. The summed E-state index contributed by atoms with van der Waals surface area (Å²) in [7, 11) is 1.66. The molecule has 0 spiro atoms. The van der Waals surface area contributed by atoms with Crippen LogP contribution in [0.1, 0.15) is 37.0 Å². The first-order chi connectivity index (χ1) is 9.72. The summed E-state index contributed by atoms with van der Waals surface area (Å²) in [6.07, 6.45) is 5.27. The van der Waals surface area contributed by atoms with E-state index in [0.717, 1.165) is 31.6 Å². The highest BCUT2D eigenvalue weighted by molar-refractivity contribution is 5.94. The van der Waals surface area contributed by atoms with Crippen molar-refractivity contribution in [3.8, 4) is 0 Å². The van der Waals surface area contributed by atoms with Crippen molar-refractivity contribution in [2.24, 2.45) is 0 Å². The van der Waals surface area contributed by atoms with E-state index in [4.69, 9.17) is 4.74 Å². The number of pyridine rings is 1. The zero-order chi connectivity index (χ0) is 14.8. The van der Waals surface area contributed by atoms with Crippen LogP contribution in [0.5, 0.6) is 0 Å². The number of anilines is 1. The fourth-order valence-corrected chi connectivity index (χ4v) is 1.99. The predicted octanol–water partition coefficient (Wildman–Crippen LogP) is 2.40. The summed E-state index contributed by atoms with van der Waals surface area (Å²) in [6.45, 7) is 7.05. The molecule has 1 amide bonds. The van der Waals surface area contributed by atoms with Crippen LogP contribution in [0.15, 0.2) is 18.5 Å². The van der Waals surface area contributed by atoms with Crippen molar-refractivity contribution < 1.29 is 9.53 Å². The molecule has 0 bridgehead atoms. The number of nitrogens with zero attached hydrogens (tertiary/aromatic N) is 2. The van der Waals surface area contributed by atoms with E-state index in [-0.39, 0.29) is 5.91 Å². The van der Waals surface area contributed by atoms with Crippen molar-refractivity contribution in [2.45, 2.75) is 26.7 Å². The van der Waals surface area contributed by atoms with E-state index < -0.39 is 0 Å². The van der Waals surface area contributed by atoms with Crippen LogP contribution in [-0.4, -0.2) is 49.1 Å². The highest BCUT2D eigenvalue weighted by atomic mass is 16.5. The molecule has 1 aromatic rings. The quantitative estimate of drug-likeness (QED) is 0.705. The minimum atomic E-state index is 0.0524. The summed E-state index contributed by atoms with van der Waals surface area (Å²) in [5.74, 6) is 0.0524. The molecule has 0 aliphatic carbocycles. The first-order valence-corrected chi connectivity index (χ1v) is 7.20. The zero-order valence-electron chi connectivity index (χ0n) is 12.7. The Labute approximate surface area is 121 Å². The maximum Gasteiger partial charge on any atom is 0.255 e. The largest absolute Gasteiger partial charge is 0.383 e. The molecule has 5 nitrogen and oxygen atoms in total. The topological polar surface area (TPSA) is 54.5 Å². The Morgan fingerprint density at radius 2 is 2.00 bits per heavy atom. The van der Waals surface area contributed by atoms with Crippen LogP contribution in [-0.2, 0) is 4.74 Å². The molecule has 5 heteroatoms. The van der Waals surface area contributed by atoms with Gasteiger partial charge in [-0.3, -0.25) is 9.78 Å². The van der Waals surface area contributed by atoms with Crippen molar-refractivity contribution in [3.63, 3.8) is 0 Å². The van der Waals surface area contributed by atoms with Gasteiger partial charge in [-0.15, -0.1) is 0 Å². The van der Waals surface area contributed by atoms with Crippen LogP contribution in [0.25, 0.3) is 0 Å². The van der Waals surface area contributed by atoms with Gasteiger partial charge in [0, 0.05) is 39.1 Å². The average molecular weight is 279 g/mol. The summed E-state index contributed by atoms with van der Waals surface area (Å²) in [5.41, 5.74) is 1.48. The van der Waals surface area contributed by atoms with Crippen molar-refractivity contribution in [1.29, 1.82) is 0 Å². The fourth-order valence-electron chi connectivity index (χ4n) is 1.99. The Morgan fingerprint density at radius 1 is 1.30 bits per heavy atom. The average Bonchev–Trinajstić information content (AvgIpc) is 2.47. The van der Waals surface area contributed by atoms with Crippen LogP contribution in [0.4, 0.5) is 5.69 Å². The van der Waals surface area contributed by atoms with Gasteiger partial charge in [0.2, 0.25) is 0 Å². The zero-order valence-corrected chi connectivity index (χ0v) is 12.7. The van der Waals surface area contributed by atoms with Gasteiger partial charge >= 0.3 is 0 Å². The monoisotopic (exact) mass is 279 g/mol. The molecule has 0 unspecified atom stereocenters. The third-order valence-corrected chi connectivity index (χ3v) is 2.89. The molecule has 0 atom stereocenters. The Kier molecular flexibility index (Phi) is 7.65. The van der Waals surface area contributed by atoms with Gasteiger partial charge in [0.1, 0.15) is 0 Å². The number of aromatic nitrogens is 1.